The Morgan fingerprint density at radius 3 is 1.27 bits per heavy atom. The minimum Gasteiger partial charge on any atom is -0.0990 e. The highest BCUT2D eigenvalue weighted by atomic mass is 14.5. The molecular weight excluding hydrogens is 396 g/mol. The Bertz CT molecular complexity index is 678. The molecule has 4 unspecified atom stereocenters. The van der Waals surface area contributed by atoms with Crippen LogP contribution >= 0.6 is 0 Å². The highest BCUT2D eigenvalue weighted by Gasteiger charge is 2.43. The molecule has 4 aliphatic rings. The van der Waals surface area contributed by atoms with E-state index in [1.165, 1.54) is 133 Å². The van der Waals surface area contributed by atoms with Gasteiger partial charge in [-0.15, -0.1) is 0 Å². The highest BCUT2D eigenvalue weighted by Crippen LogP contribution is 2.55. The molecule has 0 radical (unpaired) electrons. The van der Waals surface area contributed by atoms with Crippen LogP contribution in [0.5, 0.6) is 0 Å². The normalized spacial score (nSPS) is 31.0. The first-order valence-corrected chi connectivity index (χ1v) is 14.8. The van der Waals surface area contributed by atoms with E-state index < -0.39 is 0 Å². The smallest absolute Gasteiger partial charge is 0.00940 e. The Labute approximate surface area is 207 Å². The van der Waals surface area contributed by atoms with Gasteiger partial charge in [0, 0.05) is 10.8 Å². The van der Waals surface area contributed by atoms with Crippen LogP contribution in [-0.4, -0.2) is 0 Å². The lowest BCUT2D eigenvalue weighted by Gasteiger charge is -2.25. The van der Waals surface area contributed by atoms with Crippen LogP contribution < -0.4 is 0 Å². The van der Waals surface area contributed by atoms with Crippen LogP contribution in [0.1, 0.15) is 136 Å². The lowest BCUT2D eigenvalue weighted by molar-refractivity contribution is 0.410. The van der Waals surface area contributed by atoms with Gasteiger partial charge in [0.15, 0.2) is 0 Å². The lowest BCUT2D eigenvalue weighted by atomic mass is 9.79. The third-order valence-electron chi connectivity index (χ3n) is 9.26. The monoisotopic (exact) mass is 450 g/mol. The van der Waals surface area contributed by atoms with E-state index in [-0.39, 0.29) is 0 Å². The van der Waals surface area contributed by atoms with Crippen molar-refractivity contribution in [2.24, 2.45) is 22.7 Å². The van der Waals surface area contributed by atoms with Crippen molar-refractivity contribution in [1.29, 1.82) is 0 Å². The minimum absolute atomic E-state index is 0.439. The molecule has 4 rings (SSSR count). The number of fused-ring (bicyclic) bond motifs is 4. The predicted octanol–water partition coefficient (Wildman–Crippen LogP) is 10.9. The second-order valence-electron chi connectivity index (χ2n) is 12.0. The average molecular weight is 451 g/mol. The number of hydrogen-bond acceptors (Lipinski definition) is 0. The molecule has 0 spiro atoms. The van der Waals surface area contributed by atoms with Crippen molar-refractivity contribution >= 4 is 0 Å². The van der Waals surface area contributed by atoms with Gasteiger partial charge in [-0.1, -0.05) is 146 Å². The van der Waals surface area contributed by atoms with E-state index in [1.807, 2.05) is 0 Å². The van der Waals surface area contributed by atoms with Crippen molar-refractivity contribution in [3.8, 4) is 0 Å². The van der Waals surface area contributed by atoms with Gasteiger partial charge in [0.2, 0.25) is 0 Å². The summed E-state index contributed by atoms with van der Waals surface area (Å²) in [5, 5.41) is 0. The quantitative estimate of drug-likeness (QED) is 0.172. The van der Waals surface area contributed by atoms with Gasteiger partial charge in [0.05, 0.1) is 0 Å². The SMILES string of the molecule is C=C1CC2C=CC1(CCCCCCCC)C2.C=C1CC2C=CC1(CCCCCCCCC)C2. The standard InChI is InChI=1S/C17H28.C16H26/c1-3-4-5-6-7-8-9-11-17-12-10-16(14-17)13-15(17)2;1-3-4-5-6-7-8-10-16-11-9-15(13-16)12-14(16)2/h10,12,16H,2-9,11,13-14H2,1H3;9,11,15H,2-8,10,12-13H2,1H3. The molecule has 33 heavy (non-hydrogen) atoms. The van der Waals surface area contributed by atoms with E-state index in [9.17, 15) is 0 Å². The van der Waals surface area contributed by atoms with Crippen LogP contribution in [0.15, 0.2) is 48.6 Å². The molecule has 4 bridgehead atoms. The van der Waals surface area contributed by atoms with E-state index in [4.69, 9.17) is 0 Å². The second kappa shape index (κ2) is 13.2. The molecule has 2 fully saturated rings. The van der Waals surface area contributed by atoms with Crippen molar-refractivity contribution in [2.45, 2.75) is 136 Å². The topological polar surface area (TPSA) is 0 Å². The third kappa shape index (κ3) is 7.22. The summed E-state index contributed by atoms with van der Waals surface area (Å²) in [5.74, 6) is 1.68. The zero-order valence-electron chi connectivity index (χ0n) is 22.3. The fraction of sp³-hybridized carbons (Fsp3) is 0.758. The van der Waals surface area contributed by atoms with Crippen molar-refractivity contribution < 1.29 is 0 Å². The molecule has 0 saturated heterocycles. The molecule has 4 atom stereocenters. The zero-order chi connectivity index (χ0) is 23.6. The van der Waals surface area contributed by atoms with Crippen LogP contribution in [0.2, 0.25) is 0 Å². The van der Waals surface area contributed by atoms with E-state index in [2.05, 4.69) is 51.3 Å². The molecule has 0 aromatic carbocycles. The summed E-state index contributed by atoms with van der Waals surface area (Å²) in [5.41, 5.74) is 3.92. The first kappa shape index (κ1) is 26.6. The summed E-state index contributed by atoms with van der Waals surface area (Å²) in [6, 6.07) is 0. The molecule has 2 saturated carbocycles. The zero-order valence-corrected chi connectivity index (χ0v) is 22.3. The fourth-order valence-electron chi connectivity index (χ4n) is 7.04. The molecule has 0 heteroatoms. The summed E-state index contributed by atoms with van der Waals surface area (Å²) in [6.07, 6.45) is 36.2. The summed E-state index contributed by atoms with van der Waals surface area (Å²) in [7, 11) is 0. The molecular formula is C33H54. The van der Waals surface area contributed by atoms with Gasteiger partial charge in [0.25, 0.3) is 0 Å². The first-order valence-electron chi connectivity index (χ1n) is 14.8. The minimum atomic E-state index is 0.439. The van der Waals surface area contributed by atoms with Gasteiger partial charge in [0.1, 0.15) is 0 Å². The third-order valence-corrected chi connectivity index (χ3v) is 9.26. The average Bonchev–Trinajstić information content (AvgIpc) is 3.55. The van der Waals surface area contributed by atoms with E-state index in [0.717, 1.165) is 11.8 Å². The van der Waals surface area contributed by atoms with Crippen LogP contribution in [-0.2, 0) is 0 Å². The molecule has 0 aliphatic heterocycles. The van der Waals surface area contributed by atoms with Crippen molar-refractivity contribution in [3.05, 3.63) is 48.6 Å². The molecule has 0 nitrogen and oxygen atoms in total. The van der Waals surface area contributed by atoms with Crippen LogP contribution in [0.25, 0.3) is 0 Å². The van der Waals surface area contributed by atoms with Gasteiger partial charge >= 0.3 is 0 Å². The summed E-state index contributed by atoms with van der Waals surface area (Å²) >= 11 is 0. The molecule has 4 aliphatic carbocycles. The van der Waals surface area contributed by atoms with E-state index in [0.29, 0.717) is 10.8 Å². The number of allylic oxidation sites excluding steroid dienone is 6. The lowest BCUT2D eigenvalue weighted by Crippen LogP contribution is -2.13. The molecule has 0 heterocycles. The molecule has 0 N–H and O–H groups in total. The van der Waals surface area contributed by atoms with E-state index in [1.54, 1.807) is 0 Å². The van der Waals surface area contributed by atoms with Gasteiger partial charge < -0.3 is 0 Å². The van der Waals surface area contributed by atoms with Gasteiger partial charge in [-0.25, -0.2) is 0 Å². The van der Waals surface area contributed by atoms with Crippen LogP contribution in [0, 0.1) is 22.7 Å². The molecule has 186 valence electrons. The largest absolute Gasteiger partial charge is 0.0990 e. The molecule has 0 aromatic rings. The van der Waals surface area contributed by atoms with Crippen LogP contribution in [0.4, 0.5) is 0 Å². The van der Waals surface area contributed by atoms with Gasteiger partial charge in [-0.2, -0.15) is 0 Å². The van der Waals surface area contributed by atoms with Crippen molar-refractivity contribution in [3.63, 3.8) is 0 Å². The number of hydrogen-bond donors (Lipinski definition) is 0. The molecule has 0 aromatic heterocycles. The molecule has 0 amide bonds. The maximum absolute atomic E-state index is 4.30. The Hall–Kier alpha value is -1.04. The summed E-state index contributed by atoms with van der Waals surface area (Å²) < 4.78 is 0. The Morgan fingerprint density at radius 1 is 0.606 bits per heavy atom. The summed E-state index contributed by atoms with van der Waals surface area (Å²) in [4.78, 5) is 0. The van der Waals surface area contributed by atoms with Crippen LogP contribution in [0.3, 0.4) is 0 Å². The van der Waals surface area contributed by atoms with Crippen molar-refractivity contribution in [2.75, 3.05) is 0 Å². The van der Waals surface area contributed by atoms with E-state index >= 15 is 0 Å². The number of unbranched alkanes of at least 4 members (excludes halogenated alkanes) is 11. The maximum Gasteiger partial charge on any atom is 0.00940 e. The summed E-state index contributed by atoms with van der Waals surface area (Å²) in [6.45, 7) is 13.2. The van der Waals surface area contributed by atoms with Crippen molar-refractivity contribution in [1.82, 2.24) is 0 Å². The van der Waals surface area contributed by atoms with Gasteiger partial charge in [-0.3, -0.25) is 0 Å². The highest BCUT2D eigenvalue weighted by molar-refractivity contribution is 5.33. The Kier molecular flexibility index (Phi) is 10.6. The predicted molar refractivity (Wildman–Crippen MR) is 147 cm³/mol. The van der Waals surface area contributed by atoms with Gasteiger partial charge in [-0.05, 0) is 50.4 Å². The Morgan fingerprint density at radius 2 is 0.970 bits per heavy atom. The number of rotatable bonds is 15. The first-order chi connectivity index (χ1) is 16.0. The maximum atomic E-state index is 4.30. The second-order valence-corrected chi connectivity index (χ2v) is 12.0. The fourth-order valence-corrected chi connectivity index (χ4v) is 7.04. The Balaban J connectivity index is 0.000000186.